The van der Waals surface area contributed by atoms with Crippen LogP contribution in [0.25, 0.3) is 0 Å². The average molecular weight is 290 g/mol. The molecule has 1 aliphatic rings. The van der Waals surface area contributed by atoms with Crippen molar-refractivity contribution < 1.29 is 4.79 Å². The van der Waals surface area contributed by atoms with Crippen LogP contribution in [0.4, 0.5) is 0 Å². The highest BCUT2D eigenvalue weighted by atomic mass is 35.5. The predicted molar refractivity (Wildman–Crippen MR) is 77.9 cm³/mol. The van der Waals surface area contributed by atoms with Crippen molar-refractivity contribution in [2.24, 2.45) is 0 Å². The number of aromatic amines is 1. The minimum atomic E-state index is 0.0749. The third kappa shape index (κ3) is 2.70. The molecule has 2 heterocycles. The molecule has 1 saturated heterocycles. The van der Waals surface area contributed by atoms with Crippen molar-refractivity contribution >= 4 is 17.5 Å². The summed E-state index contributed by atoms with van der Waals surface area (Å²) in [7, 11) is 0. The highest BCUT2D eigenvalue weighted by Gasteiger charge is 2.26. The summed E-state index contributed by atoms with van der Waals surface area (Å²) in [6.07, 6.45) is 3.87. The highest BCUT2D eigenvalue weighted by molar-refractivity contribution is 6.30. The number of H-pyrrole nitrogens is 1. The first-order valence-electron chi connectivity index (χ1n) is 6.78. The topological polar surface area (TPSA) is 49.0 Å². The lowest BCUT2D eigenvalue weighted by Gasteiger charge is -2.32. The van der Waals surface area contributed by atoms with Crippen LogP contribution in [0, 0.1) is 0 Å². The van der Waals surface area contributed by atoms with Crippen LogP contribution in [0.1, 0.15) is 34.8 Å². The molecule has 1 fully saturated rings. The van der Waals surface area contributed by atoms with Crippen molar-refractivity contribution in [2.45, 2.75) is 18.8 Å². The Morgan fingerprint density at radius 3 is 2.80 bits per heavy atom. The van der Waals surface area contributed by atoms with Crippen molar-refractivity contribution in [2.75, 3.05) is 13.1 Å². The van der Waals surface area contributed by atoms with Gasteiger partial charge in [0.15, 0.2) is 0 Å². The molecule has 1 amide bonds. The van der Waals surface area contributed by atoms with Gasteiger partial charge < -0.3 is 4.90 Å². The van der Waals surface area contributed by atoms with Crippen molar-refractivity contribution in [3.05, 3.63) is 52.8 Å². The van der Waals surface area contributed by atoms with E-state index in [2.05, 4.69) is 10.2 Å². The summed E-state index contributed by atoms with van der Waals surface area (Å²) in [6.45, 7) is 1.55. The molecule has 0 aliphatic carbocycles. The van der Waals surface area contributed by atoms with E-state index in [4.69, 9.17) is 11.6 Å². The zero-order chi connectivity index (χ0) is 13.9. The van der Waals surface area contributed by atoms with E-state index in [-0.39, 0.29) is 5.91 Å². The van der Waals surface area contributed by atoms with E-state index in [0.29, 0.717) is 16.5 Å². The van der Waals surface area contributed by atoms with Gasteiger partial charge in [0.2, 0.25) is 0 Å². The van der Waals surface area contributed by atoms with Crippen LogP contribution >= 0.6 is 11.6 Å². The summed E-state index contributed by atoms with van der Waals surface area (Å²) in [5.41, 5.74) is 1.80. The number of benzene rings is 1. The molecule has 0 spiro atoms. The lowest BCUT2D eigenvalue weighted by atomic mass is 9.94. The first-order chi connectivity index (χ1) is 9.74. The highest BCUT2D eigenvalue weighted by Crippen LogP contribution is 2.26. The SMILES string of the molecule is O=C(c1ccc(Cl)cc1)N1CCC[C@@H](c2ccn[nH]2)C1. The van der Waals surface area contributed by atoms with Crippen LogP contribution in [0.2, 0.25) is 5.02 Å². The minimum absolute atomic E-state index is 0.0749. The van der Waals surface area contributed by atoms with Crippen LogP contribution in [-0.4, -0.2) is 34.1 Å². The van der Waals surface area contributed by atoms with E-state index in [1.54, 1.807) is 30.5 Å². The molecule has 104 valence electrons. The fraction of sp³-hybridized carbons (Fsp3) is 0.333. The number of hydrogen-bond donors (Lipinski definition) is 1. The van der Waals surface area contributed by atoms with E-state index < -0.39 is 0 Å². The Balaban J connectivity index is 1.73. The predicted octanol–water partition coefficient (Wildman–Crippen LogP) is 3.08. The summed E-state index contributed by atoms with van der Waals surface area (Å²) >= 11 is 5.86. The third-order valence-electron chi connectivity index (χ3n) is 3.76. The zero-order valence-corrected chi connectivity index (χ0v) is 11.8. The van der Waals surface area contributed by atoms with Gasteiger partial charge >= 0.3 is 0 Å². The lowest BCUT2D eigenvalue weighted by molar-refractivity contribution is 0.0706. The van der Waals surface area contributed by atoms with E-state index in [0.717, 1.165) is 31.6 Å². The van der Waals surface area contributed by atoms with Gasteiger partial charge in [-0.15, -0.1) is 0 Å². The van der Waals surface area contributed by atoms with Crippen molar-refractivity contribution in [3.8, 4) is 0 Å². The van der Waals surface area contributed by atoms with Crippen molar-refractivity contribution in [1.29, 1.82) is 0 Å². The quantitative estimate of drug-likeness (QED) is 0.923. The molecule has 2 aromatic rings. The Morgan fingerprint density at radius 1 is 1.30 bits per heavy atom. The maximum absolute atomic E-state index is 12.5. The van der Waals surface area contributed by atoms with Gasteiger partial charge in [0.1, 0.15) is 0 Å². The molecular weight excluding hydrogens is 274 g/mol. The maximum atomic E-state index is 12.5. The number of carbonyl (C=O) groups is 1. The van der Waals surface area contributed by atoms with Crippen LogP contribution in [-0.2, 0) is 0 Å². The largest absolute Gasteiger partial charge is 0.338 e. The fourth-order valence-electron chi connectivity index (χ4n) is 2.68. The summed E-state index contributed by atoms with van der Waals surface area (Å²) in [6, 6.07) is 9.06. The number of halogens is 1. The molecule has 0 bridgehead atoms. The molecule has 1 aromatic carbocycles. The van der Waals surface area contributed by atoms with Crippen LogP contribution in [0.5, 0.6) is 0 Å². The molecular formula is C15H16ClN3O. The van der Waals surface area contributed by atoms with Crippen LogP contribution in [0.15, 0.2) is 36.5 Å². The summed E-state index contributed by atoms with van der Waals surface area (Å²) in [5.74, 6) is 0.424. The number of nitrogens with one attached hydrogen (secondary N) is 1. The Kier molecular flexibility index (Phi) is 3.74. The van der Waals surface area contributed by atoms with Crippen molar-refractivity contribution in [3.63, 3.8) is 0 Å². The van der Waals surface area contributed by atoms with Gasteiger partial charge in [-0.05, 0) is 43.2 Å². The molecule has 1 atom stereocenters. The Bertz CT molecular complexity index is 580. The van der Waals surface area contributed by atoms with Gasteiger partial charge in [-0.2, -0.15) is 5.10 Å². The molecule has 4 nitrogen and oxygen atoms in total. The second kappa shape index (κ2) is 5.67. The molecule has 1 aromatic heterocycles. The summed E-state index contributed by atoms with van der Waals surface area (Å²) < 4.78 is 0. The molecule has 1 aliphatic heterocycles. The molecule has 3 rings (SSSR count). The van der Waals surface area contributed by atoms with Gasteiger partial charge in [0, 0.05) is 41.5 Å². The van der Waals surface area contributed by atoms with Gasteiger partial charge in [0.05, 0.1) is 0 Å². The molecule has 5 heteroatoms. The molecule has 0 saturated carbocycles. The van der Waals surface area contributed by atoms with Gasteiger partial charge in [0.25, 0.3) is 5.91 Å². The van der Waals surface area contributed by atoms with Crippen molar-refractivity contribution in [1.82, 2.24) is 15.1 Å². The number of aromatic nitrogens is 2. The first kappa shape index (κ1) is 13.2. The van der Waals surface area contributed by atoms with Gasteiger partial charge in [-0.3, -0.25) is 9.89 Å². The minimum Gasteiger partial charge on any atom is -0.338 e. The number of piperidine rings is 1. The first-order valence-corrected chi connectivity index (χ1v) is 7.16. The van der Waals surface area contributed by atoms with Crippen LogP contribution < -0.4 is 0 Å². The molecule has 0 radical (unpaired) electrons. The number of rotatable bonds is 2. The molecule has 0 unspecified atom stereocenters. The summed E-state index contributed by atoms with van der Waals surface area (Å²) in [4.78, 5) is 14.4. The number of nitrogens with zero attached hydrogens (tertiary/aromatic N) is 2. The van der Waals surface area contributed by atoms with E-state index >= 15 is 0 Å². The molecule has 1 N–H and O–H groups in total. The second-order valence-electron chi connectivity index (χ2n) is 5.11. The zero-order valence-electron chi connectivity index (χ0n) is 11.1. The average Bonchev–Trinajstić information content (AvgIpc) is 3.02. The Hall–Kier alpha value is -1.81. The second-order valence-corrected chi connectivity index (χ2v) is 5.55. The normalized spacial score (nSPS) is 19.1. The number of carbonyl (C=O) groups excluding carboxylic acids is 1. The number of hydrogen-bond acceptors (Lipinski definition) is 2. The van der Waals surface area contributed by atoms with E-state index in [1.165, 1.54) is 0 Å². The van der Waals surface area contributed by atoms with Gasteiger partial charge in [-0.1, -0.05) is 11.6 Å². The number of amides is 1. The smallest absolute Gasteiger partial charge is 0.253 e. The van der Waals surface area contributed by atoms with Gasteiger partial charge in [-0.25, -0.2) is 0 Å². The summed E-state index contributed by atoms with van der Waals surface area (Å²) in [5, 5.41) is 7.65. The van der Waals surface area contributed by atoms with E-state index in [9.17, 15) is 4.79 Å². The Morgan fingerprint density at radius 2 is 2.10 bits per heavy atom. The number of likely N-dealkylation sites (tertiary alicyclic amines) is 1. The monoisotopic (exact) mass is 289 g/mol. The Labute approximate surface area is 122 Å². The van der Waals surface area contributed by atoms with Crippen LogP contribution in [0.3, 0.4) is 0 Å². The lowest BCUT2D eigenvalue weighted by Crippen LogP contribution is -2.39. The molecule has 20 heavy (non-hydrogen) atoms. The van der Waals surface area contributed by atoms with E-state index in [1.807, 2.05) is 11.0 Å². The third-order valence-corrected chi connectivity index (χ3v) is 4.01. The standard InChI is InChI=1S/C15H16ClN3O/c16-13-5-3-11(4-6-13)15(20)19-9-1-2-12(10-19)14-7-8-17-18-14/h3-8,12H,1-2,9-10H2,(H,17,18)/t12-/m1/s1. The fourth-order valence-corrected chi connectivity index (χ4v) is 2.81. The maximum Gasteiger partial charge on any atom is 0.253 e.